The van der Waals surface area contributed by atoms with E-state index in [-0.39, 0.29) is 6.10 Å². The van der Waals surface area contributed by atoms with Gasteiger partial charge in [-0.2, -0.15) is 0 Å². The van der Waals surface area contributed by atoms with E-state index in [1.165, 1.54) is 46.2 Å². The summed E-state index contributed by atoms with van der Waals surface area (Å²) in [5.74, 6) is 2.13. The Morgan fingerprint density at radius 3 is 2.54 bits per heavy atom. The van der Waals surface area contributed by atoms with Gasteiger partial charge in [-0.15, -0.1) is 11.3 Å². The molecule has 238 valence electrons. The summed E-state index contributed by atoms with van der Waals surface area (Å²) in [7, 11) is 2.20. The zero-order chi connectivity index (χ0) is 31.3. The van der Waals surface area contributed by atoms with Crippen LogP contribution >= 0.6 is 11.3 Å². The number of hydrogen-bond acceptors (Lipinski definition) is 7. The first-order valence-electron chi connectivity index (χ1n) is 16.6. The van der Waals surface area contributed by atoms with E-state index in [0.717, 1.165) is 73.9 Å². The van der Waals surface area contributed by atoms with E-state index in [1.54, 1.807) is 17.4 Å². The molecule has 0 amide bonds. The van der Waals surface area contributed by atoms with E-state index < -0.39 is 0 Å². The molecule has 2 aromatic heterocycles. The Morgan fingerprint density at radius 2 is 1.74 bits per heavy atom. The molecule has 5 aromatic rings. The largest absolute Gasteiger partial charge is 0.508 e. The lowest BCUT2D eigenvalue weighted by Gasteiger charge is -2.32. The fraction of sp³-hybridized carbons (Fsp3) is 0.359. The minimum absolute atomic E-state index is 0.180. The molecule has 2 saturated heterocycles. The van der Waals surface area contributed by atoms with Crippen molar-refractivity contribution in [2.75, 3.05) is 33.3 Å². The van der Waals surface area contributed by atoms with Crippen molar-refractivity contribution in [1.82, 2.24) is 14.8 Å². The second kappa shape index (κ2) is 14.2. The lowest BCUT2D eigenvalue weighted by molar-refractivity contribution is 0.0836. The molecular formula is C39H43N3O3S. The van der Waals surface area contributed by atoms with Gasteiger partial charge in [-0.1, -0.05) is 24.6 Å². The Balaban J connectivity index is 1.04. The van der Waals surface area contributed by atoms with Crippen molar-refractivity contribution in [2.24, 2.45) is 0 Å². The van der Waals surface area contributed by atoms with E-state index in [4.69, 9.17) is 9.47 Å². The molecule has 2 aliphatic rings. The number of benzene rings is 3. The van der Waals surface area contributed by atoms with Crippen LogP contribution < -0.4 is 9.47 Å². The van der Waals surface area contributed by atoms with Crippen molar-refractivity contribution in [3.63, 3.8) is 0 Å². The number of likely N-dealkylation sites (N-methyl/N-ethyl adjacent to an activating group) is 1. The number of phenolic OH excluding ortho intramolecular Hbond substituents is 1. The molecule has 1 N–H and O–H groups in total. The van der Waals surface area contributed by atoms with Crippen LogP contribution in [0.15, 0.2) is 91.1 Å². The zero-order valence-electron chi connectivity index (χ0n) is 26.6. The third kappa shape index (κ3) is 7.38. The number of nitrogens with zero attached hydrogens (tertiary/aromatic N) is 3. The van der Waals surface area contributed by atoms with Gasteiger partial charge in [0.05, 0.1) is 5.69 Å². The van der Waals surface area contributed by atoms with E-state index in [1.807, 2.05) is 18.3 Å². The average molecular weight is 634 g/mol. The van der Waals surface area contributed by atoms with Crippen LogP contribution in [-0.2, 0) is 13.0 Å². The van der Waals surface area contributed by atoms with Crippen molar-refractivity contribution in [1.29, 1.82) is 0 Å². The predicted octanol–water partition coefficient (Wildman–Crippen LogP) is 8.17. The average Bonchev–Trinajstić information content (AvgIpc) is 3.43. The summed E-state index contributed by atoms with van der Waals surface area (Å²) in [6.45, 7) is 4.74. The molecule has 0 aliphatic carbocycles. The van der Waals surface area contributed by atoms with Gasteiger partial charge < -0.3 is 19.5 Å². The van der Waals surface area contributed by atoms with Crippen LogP contribution in [0.2, 0.25) is 0 Å². The third-order valence-electron chi connectivity index (χ3n) is 9.44. The minimum atomic E-state index is 0.180. The Bertz CT molecular complexity index is 1720. The topological polar surface area (TPSA) is 58.1 Å². The number of likely N-dealkylation sites (tertiary alicyclic amines) is 2. The maximum atomic E-state index is 10.2. The maximum Gasteiger partial charge on any atom is 0.119 e. The van der Waals surface area contributed by atoms with E-state index in [2.05, 4.69) is 88.6 Å². The Hall–Kier alpha value is -3.91. The van der Waals surface area contributed by atoms with Crippen LogP contribution in [0.1, 0.15) is 48.9 Å². The number of phenols is 1. The van der Waals surface area contributed by atoms with Gasteiger partial charge in [-0.05, 0) is 141 Å². The van der Waals surface area contributed by atoms with Crippen molar-refractivity contribution in [3.05, 3.63) is 108 Å². The molecular weight excluding hydrogens is 591 g/mol. The van der Waals surface area contributed by atoms with Gasteiger partial charge in [0.1, 0.15) is 30.0 Å². The van der Waals surface area contributed by atoms with Crippen molar-refractivity contribution >= 4 is 21.4 Å². The predicted molar refractivity (Wildman–Crippen MR) is 187 cm³/mol. The Morgan fingerprint density at radius 1 is 0.891 bits per heavy atom. The summed E-state index contributed by atoms with van der Waals surface area (Å²) < 4.78 is 13.8. The fourth-order valence-electron chi connectivity index (χ4n) is 6.85. The summed E-state index contributed by atoms with van der Waals surface area (Å²) in [5.41, 5.74) is 4.79. The number of hydrogen-bond donors (Lipinski definition) is 1. The van der Waals surface area contributed by atoms with Crippen LogP contribution in [0.4, 0.5) is 0 Å². The first-order chi connectivity index (χ1) is 22.6. The molecule has 7 heteroatoms. The summed E-state index contributed by atoms with van der Waals surface area (Å²) in [5, 5.41) is 11.4. The molecule has 7 rings (SSSR count). The second-order valence-electron chi connectivity index (χ2n) is 12.8. The van der Waals surface area contributed by atoms with E-state index >= 15 is 0 Å². The number of fused-ring (bicyclic) bond motifs is 1. The molecule has 2 unspecified atom stereocenters. The van der Waals surface area contributed by atoms with Crippen LogP contribution in [0.5, 0.6) is 17.2 Å². The second-order valence-corrected chi connectivity index (χ2v) is 13.9. The Labute approximate surface area is 276 Å². The summed E-state index contributed by atoms with van der Waals surface area (Å²) in [6, 6.07) is 29.5. The minimum Gasteiger partial charge on any atom is -0.508 e. The summed E-state index contributed by atoms with van der Waals surface area (Å²) in [6.07, 6.45) is 8.80. The highest BCUT2D eigenvalue weighted by atomic mass is 32.1. The SMILES string of the molecule is CN1CCCCC1COc1ccc(-c2sc3cc(O)ccc3c2Cc2ccc(OC3CCCN(Cc4ccccn4)C3)cc2)cc1. The monoisotopic (exact) mass is 633 g/mol. The van der Waals surface area contributed by atoms with Crippen molar-refractivity contribution in [3.8, 4) is 27.7 Å². The molecule has 0 bridgehead atoms. The lowest BCUT2D eigenvalue weighted by atomic mass is 9.98. The van der Waals surface area contributed by atoms with E-state index in [9.17, 15) is 5.11 Å². The lowest BCUT2D eigenvalue weighted by Crippen LogP contribution is -2.40. The number of thiophene rings is 1. The number of ether oxygens (including phenoxy) is 2. The molecule has 2 atom stereocenters. The standard InChI is InChI=1S/C39H43N3O3S/c1-41-21-5-3-8-31(41)27-44-33-17-12-29(13-18-33)39-37(36-19-14-32(43)24-38(36)46-39)23-28-10-15-34(16-11-28)45-35-9-6-22-42(26-35)25-30-7-2-4-20-40-30/h2,4,7,10-20,24,31,35,43H,3,5-6,8-9,21-23,25-27H2,1H3. The number of piperidine rings is 2. The highest BCUT2D eigenvalue weighted by Crippen LogP contribution is 2.41. The molecule has 0 spiro atoms. The van der Waals surface area contributed by atoms with Gasteiger partial charge in [0.2, 0.25) is 0 Å². The van der Waals surface area contributed by atoms with Gasteiger partial charge >= 0.3 is 0 Å². The van der Waals surface area contributed by atoms with Crippen LogP contribution in [0.3, 0.4) is 0 Å². The maximum absolute atomic E-state index is 10.2. The van der Waals surface area contributed by atoms with Crippen molar-refractivity contribution in [2.45, 2.75) is 57.2 Å². The number of aromatic hydroxyl groups is 1. The fourth-order valence-corrected chi connectivity index (χ4v) is 8.11. The molecule has 0 radical (unpaired) electrons. The number of rotatable bonds is 10. The molecule has 3 aromatic carbocycles. The number of aromatic nitrogens is 1. The van der Waals surface area contributed by atoms with Crippen LogP contribution in [0.25, 0.3) is 20.5 Å². The molecule has 2 aliphatic heterocycles. The Kier molecular flexibility index (Phi) is 9.52. The highest BCUT2D eigenvalue weighted by molar-refractivity contribution is 7.22. The molecule has 4 heterocycles. The van der Waals surface area contributed by atoms with E-state index in [0.29, 0.717) is 11.8 Å². The van der Waals surface area contributed by atoms with Crippen LogP contribution in [-0.4, -0.2) is 65.3 Å². The van der Waals surface area contributed by atoms with Gasteiger partial charge in [-0.3, -0.25) is 9.88 Å². The molecule has 46 heavy (non-hydrogen) atoms. The molecule has 0 saturated carbocycles. The highest BCUT2D eigenvalue weighted by Gasteiger charge is 2.22. The quantitative estimate of drug-likeness (QED) is 0.168. The number of pyridine rings is 1. The summed E-state index contributed by atoms with van der Waals surface area (Å²) in [4.78, 5) is 10.6. The normalized spacial score (nSPS) is 19.3. The van der Waals surface area contributed by atoms with Crippen LogP contribution in [0, 0.1) is 0 Å². The van der Waals surface area contributed by atoms with Gasteiger partial charge in [-0.25, -0.2) is 0 Å². The molecule has 6 nitrogen and oxygen atoms in total. The summed E-state index contributed by atoms with van der Waals surface area (Å²) >= 11 is 1.74. The first kappa shape index (κ1) is 30.7. The van der Waals surface area contributed by atoms with Gasteiger partial charge in [0, 0.05) is 34.9 Å². The first-order valence-corrected chi connectivity index (χ1v) is 17.4. The molecule has 2 fully saturated rings. The third-order valence-corrected chi connectivity index (χ3v) is 10.7. The smallest absolute Gasteiger partial charge is 0.119 e. The van der Waals surface area contributed by atoms with Gasteiger partial charge in [0.25, 0.3) is 0 Å². The van der Waals surface area contributed by atoms with Gasteiger partial charge in [0.15, 0.2) is 0 Å². The van der Waals surface area contributed by atoms with Crippen molar-refractivity contribution < 1.29 is 14.6 Å². The zero-order valence-corrected chi connectivity index (χ0v) is 27.4.